The second-order valence-corrected chi connectivity index (χ2v) is 8.65. The van der Waals surface area contributed by atoms with Crippen molar-refractivity contribution in [1.82, 2.24) is 24.8 Å². The van der Waals surface area contributed by atoms with E-state index in [1.54, 1.807) is 4.68 Å². The fourth-order valence-electron chi connectivity index (χ4n) is 4.48. The number of nitrogens with zero attached hydrogens (tertiary/aromatic N) is 5. The Labute approximate surface area is 196 Å². The number of aromatic nitrogens is 4. The first-order chi connectivity index (χ1) is 16.7. The van der Waals surface area contributed by atoms with Crippen molar-refractivity contribution < 1.29 is 9.32 Å². The highest BCUT2D eigenvalue weighted by atomic mass is 16.5. The molecule has 0 aliphatic carbocycles. The molecule has 1 amide bonds. The molecule has 3 aromatic carbocycles. The normalized spacial score (nSPS) is 13.3. The Kier molecular flexibility index (Phi) is 4.95. The molecule has 0 N–H and O–H groups in total. The Morgan fingerprint density at radius 2 is 1.74 bits per heavy atom. The predicted molar refractivity (Wildman–Crippen MR) is 129 cm³/mol. The van der Waals surface area contributed by atoms with Gasteiger partial charge >= 0.3 is 0 Å². The highest BCUT2D eigenvalue weighted by Crippen LogP contribution is 2.29. The lowest BCUT2D eigenvalue weighted by molar-refractivity contribution is -0.132. The van der Waals surface area contributed by atoms with Crippen LogP contribution in [-0.2, 0) is 24.3 Å². The van der Waals surface area contributed by atoms with Crippen molar-refractivity contribution in [2.75, 3.05) is 6.54 Å². The molecule has 0 atom stereocenters. The van der Waals surface area contributed by atoms with E-state index in [9.17, 15) is 4.79 Å². The van der Waals surface area contributed by atoms with E-state index in [1.807, 2.05) is 66.4 Å². The van der Waals surface area contributed by atoms with Gasteiger partial charge < -0.3 is 9.42 Å². The third-order valence-electron chi connectivity index (χ3n) is 6.36. The number of carbonyl (C=O) groups excluding carboxylic acids is 1. The van der Waals surface area contributed by atoms with Gasteiger partial charge in [0, 0.05) is 24.0 Å². The molecule has 1 aliphatic rings. The molecule has 7 heteroatoms. The van der Waals surface area contributed by atoms with Crippen LogP contribution in [0.3, 0.4) is 0 Å². The van der Waals surface area contributed by atoms with Crippen LogP contribution in [-0.4, -0.2) is 37.3 Å². The maximum Gasteiger partial charge on any atom is 0.279 e. The number of para-hydroxylation sites is 1. The Morgan fingerprint density at radius 1 is 0.971 bits per heavy atom. The van der Waals surface area contributed by atoms with Gasteiger partial charge in [-0.1, -0.05) is 77.5 Å². The van der Waals surface area contributed by atoms with Crippen molar-refractivity contribution in [1.29, 1.82) is 0 Å². The van der Waals surface area contributed by atoms with Gasteiger partial charge in [0.2, 0.25) is 11.7 Å². The first kappa shape index (κ1) is 20.4. The summed E-state index contributed by atoms with van der Waals surface area (Å²) in [5.74, 6) is 0.891. The van der Waals surface area contributed by atoms with Crippen molar-refractivity contribution in [3.63, 3.8) is 0 Å². The van der Waals surface area contributed by atoms with Gasteiger partial charge in [0.25, 0.3) is 5.89 Å². The van der Waals surface area contributed by atoms with E-state index in [0.717, 1.165) is 22.9 Å². The summed E-state index contributed by atoms with van der Waals surface area (Å²) in [4.78, 5) is 19.7. The molecule has 0 spiro atoms. The standard InChI is InChI=1S/C27H23N5O2/c1-18-10-12-20(13-11-18)26-28-27(34-30-26)25-22-8-4-5-9-23(22)32(29-25)17-24(33)31-15-14-19-6-2-3-7-21(19)16-31/h2-13H,14-17H2,1H3. The zero-order valence-electron chi connectivity index (χ0n) is 18.8. The van der Waals surface area contributed by atoms with E-state index in [1.165, 1.54) is 16.7 Å². The third kappa shape index (κ3) is 3.65. The molecule has 6 rings (SSSR count). The van der Waals surface area contributed by atoms with Crippen LogP contribution in [0.1, 0.15) is 16.7 Å². The van der Waals surface area contributed by atoms with Gasteiger partial charge in [-0.25, -0.2) is 0 Å². The average molecular weight is 450 g/mol. The topological polar surface area (TPSA) is 77.0 Å². The summed E-state index contributed by atoms with van der Waals surface area (Å²) in [5, 5.41) is 9.76. The van der Waals surface area contributed by atoms with Crippen LogP contribution in [0.2, 0.25) is 0 Å². The number of amides is 1. The SMILES string of the molecule is Cc1ccc(-c2noc(-c3nn(CC(=O)N4CCc5ccccc5C4)c4ccccc34)n2)cc1. The summed E-state index contributed by atoms with van der Waals surface area (Å²) in [7, 11) is 0. The van der Waals surface area contributed by atoms with E-state index in [-0.39, 0.29) is 12.5 Å². The molecule has 7 nitrogen and oxygen atoms in total. The first-order valence-corrected chi connectivity index (χ1v) is 11.4. The summed E-state index contributed by atoms with van der Waals surface area (Å²) >= 11 is 0. The van der Waals surface area contributed by atoms with Crippen molar-refractivity contribution in [3.05, 3.63) is 89.5 Å². The smallest absolute Gasteiger partial charge is 0.279 e. The van der Waals surface area contributed by atoms with Gasteiger partial charge in [0.15, 0.2) is 5.69 Å². The zero-order valence-corrected chi connectivity index (χ0v) is 18.8. The molecule has 3 heterocycles. The maximum absolute atomic E-state index is 13.2. The van der Waals surface area contributed by atoms with E-state index >= 15 is 0 Å². The van der Waals surface area contributed by atoms with Crippen LogP contribution in [0.5, 0.6) is 0 Å². The minimum absolute atomic E-state index is 0.0418. The molecule has 0 saturated heterocycles. The van der Waals surface area contributed by atoms with E-state index < -0.39 is 0 Å². The Bertz CT molecular complexity index is 1500. The zero-order chi connectivity index (χ0) is 23.1. The second kappa shape index (κ2) is 8.26. The minimum Gasteiger partial charge on any atom is -0.336 e. The van der Waals surface area contributed by atoms with Crippen LogP contribution in [0, 0.1) is 6.92 Å². The second-order valence-electron chi connectivity index (χ2n) is 8.65. The molecular formula is C27H23N5O2. The summed E-state index contributed by atoms with van der Waals surface area (Å²) in [6.07, 6.45) is 0.872. The molecule has 2 aromatic heterocycles. The number of hydrogen-bond acceptors (Lipinski definition) is 5. The number of rotatable bonds is 4. The van der Waals surface area contributed by atoms with Gasteiger partial charge in [-0.3, -0.25) is 9.48 Å². The summed E-state index contributed by atoms with van der Waals surface area (Å²) in [6.45, 7) is 3.53. The Morgan fingerprint density at radius 3 is 2.59 bits per heavy atom. The largest absolute Gasteiger partial charge is 0.336 e. The molecule has 0 radical (unpaired) electrons. The van der Waals surface area contributed by atoms with Crippen molar-refractivity contribution in [2.24, 2.45) is 0 Å². The van der Waals surface area contributed by atoms with Gasteiger partial charge in [0.05, 0.1) is 5.52 Å². The number of aryl methyl sites for hydroxylation is 1. The first-order valence-electron chi connectivity index (χ1n) is 11.4. The predicted octanol–water partition coefficient (Wildman–Crippen LogP) is 4.65. The van der Waals surface area contributed by atoms with Crippen molar-refractivity contribution in [2.45, 2.75) is 26.4 Å². The lowest BCUT2D eigenvalue weighted by Crippen LogP contribution is -2.38. The third-order valence-corrected chi connectivity index (χ3v) is 6.36. The van der Waals surface area contributed by atoms with Crippen LogP contribution >= 0.6 is 0 Å². The van der Waals surface area contributed by atoms with Crippen LogP contribution in [0.15, 0.2) is 77.3 Å². The summed E-state index contributed by atoms with van der Waals surface area (Å²) < 4.78 is 7.32. The molecule has 0 fully saturated rings. The molecular weight excluding hydrogens is 426 g/mol. The Balaban J connectivity index is 1.30. The maximum atomic E-state index is 13.2. The fraction of sp³-hybridized carbons (Fsp3) is 0.185. The van der Waals surface area contributed by atoms with Gasteiger partial charge in [-0.05, 0) is 30.5 Å². The highest BCUT2D eigenvalue weighted by molar-refractivity contribution is 5.92. The highest BCUT2D eigenvalue weighted by Gasteiger charge is 2.23. The van der Waals surface area contributed by atoms with Crippen LogP contribution < -0.4 is 0 Å². The van der Waals surface area contributed by atoms with Crippen molar-refractivity contribution in [3.8, 4) is 23.0 Å². The van der Waals surface area contributed by atoms with Gasteiger partial charge in [-0.15, -0.1) is 0 Å². The molecule has 34 heavy (non-hydrogen) atoms. The quantitative estimate of drug-likeness (QED) is 0.399. The molecule has 0 unspecified atom stereocenters. The summed E-state index contributed by atoms with van der Waals surface area (Å²) in [5.41, 5.74) is 6.02. The molecule has 1 aliphatic heterocycles. The molecule has 5 aromatic rings. The van der Waals surface area contributed by atoms with Gasteiger partial charge in [0.1, 0.15) is 6.54 Å². The summed E-state index contributed by atoms with van der Waals surface area (Å²) in [6, 6.07) is 24.1. The van der Waals surface area contributed by atoms with Gasteiger partial charge in [-0.2, -0.15) is 10.1 Å². The lowest BCUT2D eigenvalue weighted by Gasteiger charge is -2.29. The number of hydrogen-bond donors (Lipinski definition) is 0. The van der Waals surface area contributed by atoms with E-state index in [0.29, 0.717) is 30.5 Å². The van der Waals surface area contributed by atoms with E-state index in [4.69, 9.17) is 9.62 Å². The van der Waals surface area contributed by atoms with Crippen LogP contribution in [0.4, 0.5) is 0 Å². The number of carbonyl (C=O) groups is 1. The minimum atomic E-state index is 0.0418. The molecule has 0 saturated carbocycles. The average Bonchev–Trinajstić information content (AvgIpc) is 3.50. The number of benzene rings is 3. The number of fused-ring (bicyclic) bond motifs is 2. The lowest BCUT2D eigenvalue weighted by atomic mass is 10.00. The fourth-order valence-corrected chi connectivity index (χ4v) is 4.48. The van der Waals surface area contributed by atoms with Crippen LogP contribution in [0.25, 0.3) is 33.9 Å². The Hall–Kier alpha value is -4.26. The molecule has 0 bridgehead atoms. The van der Waals surface area contributed by atoms with E-state index in [2.05, 4.69) is 28.3 Å². The molecule has 168 valence electrons. The monoisotopic (exact) mass is 449 g/mol. The van der Waals surface area contributed by atoms with Crippen molar-refractivity contribution >= 4 is 16.8 Å².